The molecule has 1 saturated carbocycles. The van der Waals surface area contributed by atoms with E-state index in [4.69, 9.17) is 9.98 Å². The number of benzene rings is 2. The van der Waals surface area contributed by atoms with Crippen LogP contribution in [-0.2, 0) is 22.7 Å². The summed E-state index contributed by atoms with van der Waals surface area (Å²) >= 11 is 0. The van der Waals surface area contributed by atoms with Gasteiger partial charge in [0.2, 0.25) is 0 Å². The van der Waals surface area contributed by atoms with Crippen LogP contribution in [0.15, 0.2) is 34.3 Å². The van der Waals surface area contributed by atoms with Gasteiger partial charge in [0.1, 0.15) is 11.5 Å². The molecule has 3 aliphatic rings. The summed E-state index contributed by atoms with van der Waals surface area (Å²) in [4.78, 5) is 15.4. The Bertz CT molecular complexity index is 1610. The van der Waals surface area contributed by atoms with E-state index in [-0.39, 0.29) is 28.3 Å². The molecule has 2 aromatic carbocycles. The van der Waals surface area contributed by atoms with Crippen molar-refractivity contribution in [3.8, 4) is 11.5 Å². The average Bonchev–Trinajstić information content (AvgIpc) is 3.06. The van der Waals surface area contributed by atoms with E-state index >= 15 is 0 Å². The van der Waals surface area contributed by atoms with Crippen molar-refractivity contribution in [2.75, 3.05) is 39.3 Å². The lowest BCUT2D eigenvalue weighted by atomic mass is 9.79. The Morgan fingerprint density at radius 2 is 1.24 bits per heavy atom. The second kappa shape index (κ2) is 15.7. The van der Waals surface area contributed by atoms with Crippen LogP contribution in [0.2, 0.25) is 0 Å². The number of hydrogen-bond acceptors (Lipinski definition) is 6. The van der Waals surface area contributed by atoms with Gasteiger partial charge >= 0.3 is 5.96 Å². The molecule has 2 heterocycles. The maximum absolute atomic E-state index is 11.7. The maximum atomic E-state index is 11.7. The third-order valence-electron chi connectivity index (χ3n) is 11.2. The van der Waals surface area contributed by atoms with Gasteiger partial charge < -0.3 is 10.2 Å². The fourth-order valence-electron chi connectivity index (χ4n) is 7.98. The molecule has 5 rings (SSSR count). The zero-order valence-electron chi connectivity index (χ0n) is 33.6. The highest BCUT2D eigenvalue weighted by Crippen LogP contribution is 2.38. The van der Waals surface area contributed by atoms with Crippen LogP contribution in [0, 0.1) is 0 Å². The quantitative estimate of drug-likeness (QED) is 0.203. The summed E-state index contributed by atoms with van der Waals surface area (Å²) < 4.78 is 2.58. The molecule has 0 bridgehead atoms. The molecule has 0 saturated heterocycles. The number of rotatable bonds is 9. The highest BCUT2D eigenvalue weighted by Gasteiger charge is 2.34. The van der Waals surface area contributed by atoms with E-state index in [1.54, 1.807) is 0 Å². The van der Waals surface area contributed by atoms with E-state index in [9.17, 15) is 10.2 Å². The summed E-state index contributed by atoms with van der Waals surface area (Å²) in [5, 5.41) is 23.0. The Hall–Kier alpha value is -3.35. The van der Waals surface area contributed by atoms with Gasteiger partial charge in [0.25, 0.3) is 0 Å². The largest absolute Gasteiger partial charge is 0.507 e. The predicted molar refractivity (Wildman–Crippen MR) is 215 cm³/mol. The topological polar surface area (TPSA) is 74.7 Å². The van der Waals surface area contributed by atoms with E-state index in [2.05, 4.69) is 108 Å². The van der Waals surface area contributed by atoms with E-state index in [0.717, 1.165) is 100 Å². The fourth-order valence-corrected chi connectivity index (χ4v) is 7.98. The molecule has 0 aromatic heterocycles. The third-order valence-corrected chi connectivity index (χ3v) is 11.2. The first-order valence-corrected chi connectivity index (χ1v) is 19.9. The zero-order chi connectivity index (χ0) is 37.1. The zero-order valence-corrected chi connectivity index (χ0v) is 33.6. The maximum Gasteiger partial charge on any atom is 0.350 e. The van der Waals surface area contributed by atoms with Crippen molar-refractivity contribution in [2.24, 2.45) is 9.98 Å². The Balaban J connectivity index is 1.37. The van der Waals surface area contributed by atoms with Gasteiger partial charge in [0.15, 0.2) is 0 Å². The number of phenols is 2. The minimum Gasteiger partial charge on any atom is -0.507 e. The van der Waals surface area contributed by atoms with Crippen molar-refractivity contribution in [3.05, 3.63) is 57.6 Å². The van der Waals surface area contributed by atoms with Gasteiger partial charge in [-0.15, -0.1) is 0 Å². The molecule has 280 valence electrons. The summed E-state index contributed by atoms with van der Waals surface area (Å²) in [5.41, 5.74) is 5.69. The number of nitrogens with zero attached hydrogens (tertiary/aromatic N) is 5. The van der Waals surface area contributed by atoms with Crippen molar-refractivity contribution in [2.45, 2.75) is 149 Å². The normalized spacial score (nSPS) is 20.9. The molecule has 0 amide bonds. The molecule has 2 aliphatic heterocycles. The smallest absolute Gasteiger partial charge is 0.350 e. The Morgan fingerprint density at radius 3 is 1.76 bits per heavy atom. The average molecular weight is 699 g/mol. The number of phenolic OH excluding ortho intramolecular Hbond substituents is 2. The molecule has 0 radical (unpaired) electrons. The summed E-state index contributed by atoms with van der Waals surface area (Å²) in [6.45, 7) is 28.7. The summed E-state index contributed by atoms with van der Waals surface area (Å²) in [6, 6.07) is 8.67. The Labute approximate surface area is 309 Å². The molecular formula is C44H68N5O2+. The van der Waals surface area contributed by atoms with E-state index < -0.39 is 0 Å². The minimum absolute atomic E-state index is 0.0299. The van der Waals surface area contributed by atoms with Crippen LogP contribution >= 0.6 is 0 Å². The lowest BCUT2D eigenvalue weighted by molar-refractivity contribution is -0.549. The lowest BCUT2D eigenvalue weighted by Crippen LogP contribution is -2.56. The molecule has 1 aliphatic carbocycles. The Kier molecular flexibility index (Phi) is 12.0. The highest BCUT2D eigenvalue weighted by molar-refractivity contribution is 5.86. The molecular weight excluding hydrogens is 631 g/mol. The standard InChI is InChI=1S/C44H67N5O2/c1-11-47-21-15-22-49-24-16-23-48(41(47)49)20-14-17-31-25-34(42(2,3)4)26-32(39(31)50)29-45-37-18-12-13-19-38(37)46-30-33-27-35(43(5,6)7)28-36(40(33)51)44(8,9)10/h25-30,37-38H,11-24H2,1-10H3,(H-,45,46,50,51)/p+1. The number of hydrogen-bond donors (Lipinski definition) is 2. The summed E-state index contributed by atoms with van der Waals surface area (Å²) in [6.07, 6.45) is 12.2. The molecule has 2 aromatic rings. The van der Waals surface area contributed by atoms with E-state index in [0.29, 0.717) is 11.5 Å². The Morgan fingerprint density at radius 1 is 0.706 bits per heavy atom. The van der Waals surface area contributed by atoms with Crippen molar-refractivity contribution >= 4 is 18.4 Å². The first-order valence-electron chi connectivity index (χ1n) is 19.9. The highest BCUT2D eigenvalue weighted by atomic mass is 16.3. The first kappa shape index (κ1) is 38.9. The number of aliphatic imine (C=N–C) groups is 2. The number of aromatic hydroxyl groups is 2. The summed E-state index contributed by atoms with van der Waals surface area (Å²) in [5.74, 6) is 2.11. The lowest BCUT2D eigenvalue weighted by Gasteiger charge is -2.36. The fraction of sp³-hybridized carbons (Fsp3) is 0.659. The van der Waals surface area contributed by atoms with Gasteiger partial charge in [-0.2, -0.15) is 0 Å². The second-order valence-corrected chi connectivity index (χ2v) is 18.4. The molecule has 1 fully saturated rings. The van der Waals surface area contributed by atoms with Crippen molar-refractivity contribution in [3.63, 3.8) is 0 Å². The number of aryl methyl sites for hydroxylation is 1. The first-order chi connectivity index (χ1) is 24.0. The predicted octanol–water partition coefficient (Wildman–Crippen LogP) is 8.57. The van der Waals surface area contributed by atoms with Gasteiger partial charge in [-0.05, 0) is 77.7 Å². The van der Waals surface area contributed by atoms with Gasteiger partial charge in [-0.1, -0.05) is 87.3 Å². The second-order valence-electron chi connectivity index (χ2n) is 18.4. The van der Waals surface area contributed by atoms with Crippen molar-refractivity contribution < 1.29 is 14.8 Å². The SMILES string of the molecule is CCN1CCC[N+]2=C1N(CCCc1cc(C(C)(C)C)cc(C=NC3CCCCC3N=Cc3cc(C(C)(C)C)cc(C(C)(C)C)c3O)c1O)CCC2. The van der Waals surface area contributed by atoms with Crippen molar-refractivity contribution in [1.29, 1.82) is 0 Å². The molecule has 7 nitrogen and oxygen atoms in total. The van der Waals surface area contributed by atoms with Crippen LogP contribution in [0.4, 0.5) is 0 Å². The molecule has 2 atom stereocenters. The van der Waals surface area contributed by atoms with E-state index in [1.807, 2.05) is 12.4 Å². The van der Waals surface area contributed by atoms with Crippen LogP contribution in [0.5, 0.6) is 11.5 Å². The minimum atomic E-state index is -0.187. The van der Waals surface area contributed by atoms with Crippen LogP contribution in [0.3, 0.4) is 0 Å². The monoisotopic (exact) mass is 699 g/mol. The van der Waals surface area contributed by atoms with Crippen LogP contribution in [0.1, 0.15) is 148 Å². The molecule has 0 spiro atoms. The van der Waals surface area contributed by atoms with Crippen LogP contribution < -0.4 is 0 Å². The van der Waals surface area contributed by atoms with Crippen LogP contribution in [-0.4, -0.2) is 94.3 Å². The van der Waals surface area contributed by atoms with Gasteiger partial charge in [-0.3, -0.25) is 24.4 Å². The van der Waals surface area contributed by atoms with Gasteiger partial charge in [0.05, 0.1) is 51.4 Å². The number of guanidine groups is 1. The van der Waals surface area contributed by atoms with E-state index in [1.165, 1.54) is 29.9 Å². The van der Waals surface area contributed by atoms with Crippen molar-refractivity contribution in [1.82, 2.24) is 9.80 Å². The molecule has 51 heavy (non-hydrogen) atoms. The van der Waals surface area contributed by atoms with Gasteiger partial charge in [-0.25, -0.2) is 0 Å². The van der Waals surface area contributed by atoms with Gasteiger partial charge in [0, 0.05) is 42.0 Å². The summed E-state index contributed by atoms with van der Waals surface area (Å²) in [7, 11) is 0. The van der Waals surface area contributed by atoms with Crippen LogP contribution in [0.25, 0.3) is 0 Å². The molecule has 2 unspecified atom stereocenters. The molecule has 7 heteroatoms. The molecule has 2 N–H and O–H groups in total. The third kappa shape index (κ3) is 9.37.